The van der Waals surface area contributed by atoms with Crippen molar-refractivity contribution in [1.82, 2.24) is 0 Å². The summed E-state index contributed by atoms with van der Waals surface area (Å²) in [5.74, 6) is -2.13. The molecule has 0 spiro atoms. The van der Waals surface area contributed by atoms with Crippen molar-refractivity contribution in [2.24, 2.45) is 0 Å². The Bertz CT molecular complexity index is 287. The number of carboxylic acid groups (broad SMARTS) is 2. The average Bonchev–Trinajstić information content (AvgIpc) is 2.04. The molecule has 0 heterocycles. The van der Waals surface area contributed by atoms with Crippen molar-refractivity contribution in [2.75, 3.05) is 0 Å². The van der Waals surface area contributed by atoms with Gasteiger partial charge in [-0.2, -0.15) is 0 Å². The Kier molecular flexibility index (Phi) is 10.4. The van der Waals surface area contributed by atoms with Crippen molar-refractivity contribution >= 4 is 11.9 Å². The Morgan fingerprint density at radius 2 is 1.00 bits per heavy atom. The predicted molar refractivity (Wildman–Crippen MR) is 47.6 cm³/mol. The summed E-state index contributed by atoms with van der Waals surface area (Å²) in [6.07, 6.45) is 0. The van der Waals surface area contributed by atoms with Crippen LogP contribution in [0.5, 0.6) is 0 Å². The molecule has 0 fully saturated rings. The number of rotatable bonds is 2. The third kappa shape index (κ3) is 5.22. The van der Waals surface area contributed by atoms with Crippen LogP contribution in [-0.2, 0) is 19.5 Å². The first-order valence-electron chi connectivity index (χ1n) is 3.18. The van der Waals surface area contributed by atoms with Crippen LogP contribution >= 0.6 is 0 Å². The Labute approximate surface area is 97.9 Å². The second-order valence-electron chi connectivity index (χ2n) is 2.19. The minimum absolute atomic E-state index is 0. The SMILES string of the molecule is O.O.O=C(O)c1ccc(C(=O)O)cc1.[Zn]. The van der Waals surface area contributed by atoms with E-state index in [1.54, 1.807) is 0 Å². The summed E-state index contributed by atoms with van der Waals surface area (Å²) in [6, 6.07) is 5.02. The summed E-state index contributed by atoms with van der Waals surface area (Å²) in [4.78, 5) is 20.7. The van der Waals surface area contributed by atoms with E-state index in [2.05, 4.69) is 0 Å². The summed E-state index contributed by atoms with van der Waals surface area (Å²) < 4.78 is 0. The molecule has 0 aliphatic carbocycles. The van der Waals surface area contributed by atoms with E-state index < -0.39 is 11.9 Å². The molecular formula is C8H10O6Zn. The van der Waals surface area contributed by atoms with Crippen LogP contribution in [0.3, 0.4) is 0 Å². The van der Waals surface area contributed by atoms with Gasteiger partial charge in [0.1, 0.15) is 0 Å². The molecule has 0 atom stereocenters. The molecule has 6 nitrogen and oxygen atoms in total. The van der Waals surface area contributed by atoms with Crippen molar-refractivity contribution < 1.29 is 50.2 Å². The second kappa shape index (κ2) is 8.05. The van der Waals surface area contributed by atoms with E-state index in [-0.39, 0.29) is 41.6 Å². The van der Waals surface area contributed by atoms with E-state index in [4.69, 9.17) is 10.2 Å². The maximum Gasteiger partial charge on any atom is 0.335 e. The fraction of sp³-hybridized carbons (Fsp3) is 0. The van der Waals surface area contributed by atoms with Gasteiger partial charge in [0.15, 0.2) is 0 Å². The molecule has 0 aromatic heterocycles. The number of aromatic carboxylic acids is 2. The van der Waals surface area contributed by atoms with E-state index in [1.165, 1.54) is 24.3 Å². The Hall–Kier alpha value is -1.30. The Morgan fingerprint density at radius 1 is 0.800 bits per heavy atom. The molecule has 0 aliphatic rings. The largest absolute Gasteiger partial charge is 0.478 e. The molecule has 0 aliphatic heterocycles. The smallest absolute Gasteiger partial charge is 0.335 e. The monoisotopic (exact) mass is 266 g/mol. The summed E-state index contributed by atoms with van der Waals surface area (Å²) >= 11 is 0. The van der Waals surface area contributed by atoms with Crippen LogP contribution in [0.25, 0.3) is 0 Å². The molecule has 1 aromatic carbocycles. The van der Waals surface area contributed by atoms with Crippen molar-refractivity contribution in [3.63, 3.8) is 0 Å². The number of hydrogen-bond donors (Lipinski definition) is 2. The van der Waals surface area contributed by atoms with Crippen LogP contribution in [0.2, 0.25) is 0 Å². The third-order valence-electron chi connectivity index (χ3n) is 1.38. The molecule has 0 bridgehead atoms. The standard InChI is InChI=1S/C8H6O4.2H2O.Zn/c9-7(10)5-1-2-6(4-3-5)8(11)12;;;/h1-4H,(H,9,10)(H,11,12);2*1H2;. The van der Waals surface area contributed by atoms with Crippen LogP contribution < -0.4 is 0 Å². The number of hydrogen-bond acceptors (Lipinski definition) is 2. The van der Waals surface area contributed by atoms with Gasteiger partial charge in [-0.05, 0) is 24.3 Å². The van der Waals surface area contributed by atoms with Gasteiger partial charge in [-0.1, -0.05) is 0 Å². The molecule has 0 amide bonds. The summed E-state index contributed by atoms with van der Waals surface area (Å²) in [7, 11) is 0. The van der Waals surface area contributed by atoms with E-state index >= 15 is 0 Å². The second-order valence-corrected chi connectivity index (χ2v) is 2.19. The fourth-order valence-electron chi connectivity index (χ4n) is 0.755. The molecule has 15 heavy (non-hydrogen) atoms. The van der Waals surface area contributed by atoms with Gasteiger partial charge in [-0.25, -0.2) is 9.59 Å². The molecule has 0 saturated heterocycles. The van der Waals surface area contributed by atoms with Crippen LogP contribution in [0, 0.1) is 0 Å². The molecule has 1 rings (SSSR count). The minimum Gasteiger partial charge on any atom is -0.478 e. The predicted octanol–water partition coefficient (Wildman–Crippen LogP) is -0.569. The Morgan fingerprint density at radius 3 is 1.13 bits per heavy atom. The quantitative estimate of drug-likeness (QED) is 0.693. The van der Waals surface area contributed by atoms with Crippen molar-refractivity contribution in [3.8, 4) is 0 Å². The minimum atomic E-state index is -1.06. The first kappa shape index (κ1) is 19.3. The zero-order chi connectivity index (χ0) is 9.14. The van der Waals surface area contributed by atoms with Crippen molar-refractivity contribution in [2.45, 2.75) is 0 Å². The molecule has 0 unspecified atom stereocenters. The maximum atomic E-state index is 10.3. The summed E-state index contributed by atoms with van der Waals surface area (Å²) in [5, 5.41) is 16.9. The van der Waals surface area contributed by atoms with Gasteiger partial charge in [0, 0.05) is 19.5 Å². The first-order chi connectivity index (χ1) is 5.61. The maximum absolute atomic E-state index is 10.3. The van der Waals surface area contributed by atoms with E-state index in [0.717, 1.165) is 0 Å². The van der Waals surface area contributed by atoms with Gasteiger partial charge >= 0.3 is 11.9 Å². The zero-order valence-corrected chi connectivity index (χ0v) is 10.7. The van der Waals surface area contributed by atoms with Gasteiger partial charge in [0.2, 0.25) is 0 Å². The van der Waals surface area contributed by atoms with E-state index in [1.807, 2.05) is 0 Å². The van der Waals surface area contributed by atoms with Crippen molar-refractivity contribution in [1.29, 1.82) is 0 Å². The van der Waals surface area contributed by atoms with E-state index in [9.17, 15) is 9.59 Å². The molecule has 0 saturated carbocycles. The van der Waals surface area contributed by atoms with Crippen LogP contribution in [0.1, 0.15) is 20.7 Å². The van der Waals surface area contributed by atoms with Crippen LogP contribution in [0.15, 0.2) is 24.3 Å². The van der Waals surface area contributed by atoms with Gasteiger partial charge in [-0.15, -0.1) is 0 Å². The number of benzene rings is 1. The van der Waals surface area contributed by atoms with Gasteiger partial charge in [0.05, 0.1) is 11.1 Å². The molecule has 80 valence electrons. The van der Waals surface area contributed by atoms with Crippen molar-refractivity contribution in [3.05, 3.63) is 35.4 Å². The number of carbonyl (C=O) groups is 2. The summed E-state index contributed by atoms with van der Waals surface area (Å²) in [6.45, 7) is 0. The van der Waals surface area contributed by atoms with Crippen LogP contribution in [0.4, 0.5) is 0 Å². The third-order valence-corrected chi connectivity index (χ3v) is 1.38. The average molecular weight is 268 g/mol. The molecular weight excluding hydrogens is 257 g/mol. The fourth-order valence-corrected chi connectivity index (χ4v) is 0.755. The normalized spacial score (nSPS) is 7.47. The molecule has 6 N–H and O–H groups in total. The first-order valence-corrected chi connectivity index (χ1v) is 3.18. The van der Waals surface area contributed by atoms with E-state index in [0.29, 0.717) is 0 Å². The van der Waals surface area contributed by atoms with Gasteiger partial charge < -0.3 is 21.2 Å². The molecule has 0 radical (unpaired) electrons. The number of carboxylic acids is 2. The Balaban J connectivity index is -0.000000480. The molecule has 1 aromatic rings. The van der Waals surface area contributed by atoms with Gasteiger partial charge in [-0.3, -0.25) is 0 Å². The van der Waals surface area contributed by atoms with Crippen LogP contribution in [-0.4, -0.2) is 33.1 Å². The summed E-state index contributed by atoms with van der Waals surface area (Å²) in [5.41, 5.74) is 0.167. The topological polar surface area (TPSA) is 138 Å². The zero-order valence-electron chi connectivity index (χ0n) is 7.73. The van der Waals surface area contributed by atoms with Gasteiger partial charge in [0.25, 0.3) is 0 Å². The molecule has 7 heteroatoms.